The quantitative estimate of drug-likeness (QED) is 0.426. The first kappa shape index (κ1) is 22.4. The van der Waals surface area contributed by atoms with Crippen LogP contribution in [-0.4, -0.2) is 33.3 Å². The van der Waals surface area contributed by atoms with Gasteiger partial charge >= 0.3 is 0 Å². The van der Waals surface area contributed by atoms with E-state index in [-0.39, 0.29) is 46.7 Å². The summed E-state index contributed by atoms with van der Waals surface area (Å²) in [6.07, 6.45) is 0.112. The van der Waals surface area contributed by atoms with Crippen molar-refractivity contribution >= 4 is 38.9 Å². The molecule has 3 N–H and O–H groups in total. The Labute approximate surface area is 183 Å². The Morgan fingerprint density at radius 2 is 1.68 bits per heavy atom. The van der Waals surface area contributed by atoms with E-state index in [1.165, 1.54) is 36.4 Å². The number of nitrogens with one attached hydrogen (secondary N) is 3. The largest absolute Gasteiger partial charge is 0.354 e. The van der Waals surface area contributed by atoms with Crippen LogP contribution in [0.2, 0.25) is 0 Å². The molecule has 3 rings (SSSR count). The van der Waals surface area contributed by atoms with E-state index >= 15 is 0 Å². The molecule has 0 aliphatic heterocycles. The van der Waals surface area contributed by atoms with Gasteiger partial charge in [0.2, 0.25) is 5.91 Å². The van der Waals surface area contributed by atoms with Crippen molar-refractivity contribution in [3.8, 4) is 0 Å². The molecule has 1 heterocycles. The minimum atomic E-state index is -3.70. The molecular weight excluding hydrogens is 441 g/mol. The summed E-state index contributed by atoms with van der Waals surface area (Å²) in [5, 5.41) is 7.00. The second-order valence-electron chi connectivity index (χ2n) is 6.53. The lowest BCUT2D eigenvalue weighted by Gasteiger charge is -2.10. The van der Waals surface area contributed by atoms with Crippen LogP contribution in [0, 0.1) is 5.82 Å². The molecule has 3 aromatic rings. The predicted molar refractivity (Wildman–Crippen MR) is 117 cm³/mol. The molecule has 0 spiro atoms. The maximum atomic E-state index is 12.9. The van der Waals surface area contributed by atoms with Crippen molar-refractivity contribution in [2.24, 2.45) is 0 Å². The standard InChI is InChI=1S/C21H20FN3O4S2/c22-17-8-6-15(7-9-17)13-19(26)23-10-11-24-21(27)16-3-1-4-18(14-16)25-31(28,29)20-5-2-12-30-20/h1-9,12,14,25H,10-11,13H2,(H,23,26)(H,24,27). The number of rotatable bonds is 9. The molecule has 0 fully saturated rings. The summed E-state index contributed by atoms with van der Waals surface area (Å²) >= 11 is 1.10. The SMILES string of the molecule is O=C(Cc1ccc(F)cc1)NCCNC(=O)c1cccc(NS(=O)(=O)c2cccs2)c1. The fraction of sp³-hybridized carbons (Fsp3) is 0.143. The van der Waals surface area contributed by atoms with Crippen LogP contribution in [-0.2, 0) is 21.2 Å². The highest BCUT2D eigenvalue weighted by atomic mass is 32.2. The van der Waals surface area contributed by atoms with Crippen molar-refractivity contribution in [2.75, 3.05) is 17.8 Å². The van der Waals surface area contributed by atoms with Crippen molar-refractivity contribution in [1.82, 2.24) is 10.6 Å². The third-order valence-corrected chi connectivity index (χ3v) is 6.93. The number of benzene rings is 2. The summed E-state index contributed by atoms with van der Waals surface area (Å²) in [5.41, 5.74) is 1.24. The van der Waals surface area contributed by atoms with Gasteiger partial charge in [-0.15, -0.1) is 11.3 Å². The average molecular weight is 462 g/mol. The monoisotopic (exact) mass is 461 g/mol. The molecule has 31 heavy (non-hydrogen) atoms. The van der Waals surface area contributed by atoms with Gasteiger partial charge in [0.15, 0.2) is 0 Å². The van der Waals surface area contributed by atoms with Crippen LogP contribution >= 0.6 is 11.3 Å². The third-order valence-electron chi connectivity index (χ3n) is 4.15. The lowest BCUT2D eigenvalue weighted by molar-refractivity contribution is -0.120. The second-order valence-corrected chi connectivity index (χ2v) is 9.38. The lowest BCUT2D eigenvalue weighted by Crippen LogP contribution is -2.35. The molecule has 0 radical (unpaired) electrons. The predicted octanol–water partition coefficient (Wildman–Crippen LogP) is 2.78. The van der Waals surface area contributed by atoms with E-state index in [1.54, 1.807) is 29.6 Å². The van der Waals surface area contributed by atoms with Gasteiger partial charge in [-0.25, -0.2) is 12.8 Å². The molecule has 1 aromatic heterocycles. The Hall–Kier alpha value is -3.24. The zero-order chi connectivity index (χ0) is 22.3. The van der Waals surface area contributed by atoms with E-state index < -0.39 is 15.9 Å². The van der Waals surface area contributed by atoms with Gasteiger partial charge in [-0.2, -0.15) is 0 Å². The Morgan fingerprint density at radius 1 is 0.935 bits per heavy atom. The average Bonchev–Trinajstić information content (AvgIpc) is 3.29. The van der Waals surface area contributed by atoms with Gasteiger partial charge in [0, 0.05) is 24.3 Å². The molecule has 0 atom stereocenters. The van der Waals surface area contributed by atoms with E-state index in [1.807, 2.05) is 0 Å². The number of hydrogen-bond donors (Lipinski definition) is 3. The molecule has 10 heteroatoms. The third kappa shape index (κ3) is 6.63. The van der Waals surface area contributed by atoms with Gasteiger partial charge in [0.25, 0.3) is 15.9 Å². The Kier molecular flexibility index (Phi) is 7.37. The smallest absolute Gasteiger partial charge is 0.271 e. The highest BCUT2D eigenvalue weighted by Gasteiger charge is 2.16. The van der Waals surface area contributed by atoms with Gasteiger partial charge in [0.1, 0.15) is 10.0 Å². The molecule has 0 bridgehead atoms. The van der Waals surface area contributed by atoms with Crippen molar-refractivity contribution in [1.29, 1.82) is 0 Å². The molecule has 0 aliphatic rings. The van der Waals surface area contributed by atoms with E-state index in [0.29, 0.717) is 5.56 Å². The summed E-state index contributed by atoms with van der Waals surface area (Å²) in [6, 6.07) is 14.9. The van der Waals surface area contributed by atoms with Crippen LogP contribution in [0.3, 0.4) is 0 Å². The first-order valence-electron chi connectivity index (χ1n) is 9.29. The van der Waals surface area contributed by atoms with Gasteiger partial charge in [-0.1, -0.05) is 24.3 Å². The van der Waals surface area contributed by atoms with E-state index in [9.17, 15) is 22.4 Å². The fourth-order valence-corrected chi connectivity index (χ4v) is 4.72. The first-order valence-corrected chi connectivity index (χ1v) is 11.7. The van der Waals surface area contributed by atoms with E-state index in [2.05, 4.69) is 15.4 Å². The molecule has 0 saturated heterocycles. The fourth-order valence-electron chi connectivity index (χ4n) is 2.68. The Balaban J connectivity index is 1.47. The maximum Gasteiger partial charge on any atom is 0.271 e. The number of halogens is 1. The maximum absolute atomic E-state index is 12.9. The molecule has 0 aliphatic carbocycles. The van der Waals surface area contributed by atoms with Gasteiger partial charge in [-0.05, 0) is 47.3 Å². The molecule has 0 saturated carbocycles. The first-order chi connectivity index (χ1) is 14.8. The molecule has 0 unspecified atom stereocenters. The summed E-state index contributed by atoms with van der Waals surface area (Å²) in [7, 11) is -3.70. The zero-order valence-electron chi connectivity index (χ0n) is 16.3. The topological polar surface area (TPSA) is 104 Å². The molecule has 7 nitrogen and oxygen atoms in total. The normalized spacial score (nSPS) is 11.0. The van der Waals surface area contributed by atoms with Crippen molar-refractivity contribution in [3.05, 3.63) is 83.0 Å². The van der Waals surface area contributed by atoms with Crippen molar-refractivity contribution in [3.63, 3.8) is 0 Å². The van der Waals surface area contributed by atoms with Crippen LogP contribution in [0.25, 0.3) is 0 Å². The number of anilines is 1. The summed E-state index contributed by atoms with van der Waals surface area (Å²) in [4.78, 5) is 24.2. The Bertz CT molecular complexity index is 1150. The van der Waals surface area contributed by atoms with Crippen LogP contribution < -0.4 is 15.4 Å². The van der Waals surface area contributed by atoms with Crippen molar-refractivity contribution < 1.29 is 22.4 Å². The van der Waals surface area contributed by atoms with Crippen LogP contribution in [0.15, 0.2) is 70.3 Å². The number of carbonyl (C=O) groups excluding carboxylic acids is 2. The van der Waals surface area contributed by atoms with Gasteiger partial charge < -0.3 is 10.6 Å². The Morgan fingerprint density at radius 3 is 2.39 bits per heavy atom. The van der Waals surface area contributed by atoms with Crippen LogP contribution in [0.5, 0.6) is 0 Å². The second kappa shape index (κ2) is 10.2. The summed E-state index contributed by atoms with van der Waals surface area (Å²) in [5.74, 6) is -1.01. The minimum Gasteiger partial charge on any atom is -0.354 e. The molecule has 162 valence electrons. The summed E-state index contributed by atoms with van der Waals surface area (Å²) in [6.45, 7) is 0.412. The molecular formula is C21H20FN3O4S2. The highest BCUT2D eigenvalue weighted by molar-refractivity contribution is 7.94. The van der Waals surface area contributed by atoms with Crippen molar-refractivity contribution in [2.45, 2.75) is 10.6 Å². The van der Waals surface area contributed by atoms with Crippen LogP contribution in [0.4, 0.5) is 10.1 Å². The summed E-state index contributed by atoms with van der Waals surface area (Å²) < 4.78 is 40.1. The van der Waals surface area contributed by atoms with Gasteiger partial charge in [-0.3, -0.25) is 14.3 Å². The number of amides is 2. The molecule has 2 amide bonds. The number of thiophene rings is 1. The minimum absolute atomic E-state index is 0.112. The number of carbonyl (C=O) groups is 2. The highest BCUT2D eigenvalue weighted by Crippen LogP contribution is 2.20. The lowest BCUT2D eigenvalue weighted by atomic mass is 10.1. The number of sulfonamides is 1. The molecule has 2 aromatic carbocycles. The number of hydrogen-bond acceptors (Lipinski definition) is 5. The van der Waals surface area contributed by atoms with E-state index in [4.69, 9.17) is 0 Å². The van der Waals surface area contributed by atoms with Crippen LogP contribution in [0.1, 0.15) is 15.9 Å². The van der Waals surface area contributed by atoms with Gasteiger partial charge in [0.05, 0.1) is 6.42 Å². The van der Waals surface area contributed by atoms with E-state index in [0.717, 1.165) is 11.3 Å². The zero-order valence-corrected chi connectivity index (χ0v) is 17.9.